The van der Waals surface area contributed by atoms with Crippen LogP contribution in [0.15, 0.2) is 25.3 Å². The van der Waals surface area contributed by atoms with E-state index in [9.17, 15) is 19.5 Å². The van der Waals surface area contributed by atoms with Gasteiger partial charge >= 0.3 is 0 Å². The van der Waals surface area contributed by atoms with Crippen LogP contribution in [-0.4, -0.2) is 93.6 Å². The van der Waals surface area contributed by atoms with E-state index in [2.05, 4.69) is 13.2 Å². The van der Waals surface area contributed by atoms with E-state index in [-0.39, 0.29) is 24.3 Å². The second-order valence-corrected chi connectivity index (χ2v) is 11.1. The molecule has 2 bridgehead atoms. The van der Waals surface area contributed by atoms with Gasteiger partial charge in [-0.15, -0.1) is 13.2 Å². The van der Waals surface area contributed by atoms with Crippen LogP contribution in [0.4, 0.5) is 0 Å². The minimum absolute atomic E-state index is 0.0157. The molecule has 0 aromatic rings. The molecule has 1 N–H and O–H groups in total. The van der Waals surface area contributed by atoms with Gasteiger partial charge in [0.05, 0.1) is 17.4 Å². The van der Waals surface area contributed by atoms with Crippen molar-refractivity contribution in [1.29, 1.82) is 0 Å². The molecule has 3 aliphatic rings. The molecule has 5 atom stereocenters. The molecule has 0 aromatic carbocycles. The summed E-state index contributed by atoms with van der Waals surface area (Å²) in [5, 5.41) is 9.30. The molecule has 3 fully saturated rings. The Balaban J connectivity index is 2.08. The summed E-state index contributed by atoms with van der Waals surface area (Å²) < 4.78 is 6.66. The lowest BCUT2D eigenvalue weighted by atomic mass is 9.66. The van der Waals surface area contributed by atoms with Gasteiger partial charge in [0.25, 0.3) is 0 Å². The molecule has 3 amide bonds. The van der Waals surface area contributed by atoms with Crippen LogP contribution in [0.25, 0.3) is 0 Å². The molecule has 3 aliphatic heterocycles. The van der Waals surface area contributed by atoms with Crippen LogP contribution in [0.3, 0.4) is 0 Å². The van der Waals surface area contributed by atoms with Gasteiger partial charge in [-0.3, -0.25) is 14.4 Å². The number of likely N-dealkylation sites (tertiary alicyclic amines) is 1. The monoisotopic (exact) mass is 475 g/mol. The summed E-state index contributed by atoms with van der Waals surface area (Å²) >= 11 is 0. The summed E-state index contributed by atoms with van der Waals surface area (Å²) in [4.78, 5) is 46.6. The first-order chi connectivity index (χ1) is 15.9. The molecule has 3 heterocycles. The predicted octanol–water partition coefficient (Wildman–Crippen LogP) is 1.98. The molecule has 1 spiro atoms. The third-order valence-corrected chi connectivity index (χ3v) is 7.75. The van der Waals surface area contributed by atoms with Crippen LogP contribution in [0.1, 0.15) is 53.4 Å². The van der Waals surface area contributed by atoms with Crippen molar-refractivity contribution in [3.63, 3.8) is 0 Å². The van der Waals surface area contributed by atoms with Gasteiger partial charge in [-0.2, -0.15) is 0 Å². The molecule has 3 rings (SSSR count). The lowest BCUT2D eigenvalue weighted by Crippen LogP contribution is -2.60. The molecular weight excluding hydrogens is 434 g/mol. The number of carbonyl (C=O) groups excluding carboxylic acids is 3. The highest BCUT2D eigenvalue weighted by molar-refractivity contribution is 5.99. The molecule has 3 saturated heterocycles. The highest BCUT2D eigenvalue weighted by atomic mass is 16.5. The van der Waals surface area contributed by atoms with Crippen LogP contribution in [0.5, 0.6) is 0 Å². The number of fused-ring (bicyclic) bond motifs is 1. The van der Waals surface area contributed by atoms with E-state index in [1.54, 1.807) is 33.9 Å². The number of carbonyl (C=O) groups is 3. The highest BCUT2D eigenvalue weighted by Crippen LogP contribution is 2.63. The normalized spacial score (nSPS) is 32.0. The van der Waals surface area contributed by atoms with Crippen molar-refractivity contribution in [3.8, 4) is 0 Å². The first-order valence-electron chi connectivity index (χ1n) is 12.3. The van der Waals surface area contributed by atoms with Crippen molar-refractivity contribution in [2.45, 2.75) is 76.2 Å². The second-order valence-electron chi connectivity index (χ2n) is 11.1. The predicted molar refractivity (Wildman–Crippen MR) is 130 cm³/mol. The Kier molecular flexibility index (Phi) is 7.35. The summed E-state index contributed by atoms with van der Waals surface area (Å²) in [6.07, 6.45) is 5.60. The van der Waals surface area contributed by atoms with E-state index in [4.69, 9.17) is 4.74 Å². The first kappa shape index (κ1) is 26.4. The molecule has 2 unspecified atom stereocenters. The fraction of sp³-hybridized carbons (Fsp3) is 0.731. The summed E-state index contributed by atoms with van der Waals surface area (Å²) in [6, 6.07) is -0.813. The summed E-state index contributed by atoms with van der Waals surface area (Å²) in [6.45, 7) is 16.4. The van der Waals surface area contributed by atoms with Crippen LogP contribution >= 0.6 is 0 Å². The summed E-state index contributed by atoms with van der Waals surface area (Å²) in [5.74, 6) is -1.88. The fourth-order valence-electron chi connectivity index (χ4n) is 6.21. The smallest absolute Gasteiger partial charge is 0.249 e. The van der Waals surface area contributed by atoms with Crippen molar-refractivity contribution in [2.24, 2.45) is 11.8 Å². The molecule has 0 aliphatic carbocycles. The maximum Gasteiger partial charge on any atom is 0.249 e. The molecule has 0 aromatic heterocycles. The Morgan fingerprint density at radius 2 is 1.82 bits per heavy atom. The Bertz CT molecular complexity index is 852. The second kappa shape index (κ2) is 9.46. The van der Waals surface area contributed by atoms with Crippen LogP contribution in [0, 0.1) is 11.8 Å². The average molecular weight is 476 g/mol. The van der Waals surface area contributed by atoms with E-state index >= 15 is 0 Å². The molecule has 0 saturated carbocycles. The topological polar surface area (TPSA) is 90.4 Å². The number of likely N-dealkylation sites (N-methyl/N-ethyl adjacent to an activating group) is 1. The van der Waals surface area contributed by atoms with Gasteiger partial charge in [-0.25, -0.2) is 0 Å². The van der Waals surface area contributed by atoms with Gasteiger partial charge in [0.2, 0.25) is 17.7 Å². The van der Waals surface area contributed by atoms with Gasteiger partial charge in [0, 0.05) is 38.8 Å². The highest BCUT2D eigenvalue weighted by Gasteiger charge is 2.78. The number of hydrogen-bond donors (Lipinski definition) is 1. The minimum Gasteiger partial charge on any atom is -0.396 e. The zero-order chi connectivity index (χ0) is 25.5. The van der Waals surface area contributed by atoms with Crippen LogP contribution in [-0.2, 0) is 19.1 Å². The van der Waals surface area contributed by atoms with E-state index in [0.717, 1.165) is 0 Å². The maximum atomic E-state index is 14.2. The van der Waals surface area contributed by atoms with Gasteiger partial charge in [0.15, 0.2) is 0 Å². The molecule has 190 valence electrons. The van der Waals surface area contributed by atoms with Gasteiger partial charge in [-0.05, 0) is 53.4 Å². The van der Waals surface area contributed by atoms with Crippen LogP contribution < -0.4 is 0 Å². The van der Waals surface area contributed by atoms with Crippen LogP contribution in [0.2, 0.25) is 0 Å². The number of ether oxygens (including phenoxy) is 1. The van der Waals surface area contributed by atoms with Crippen molar-refractivity contribution in [2.75, 3.05) is 33.3 Å². The number of amides is 3. The van der Waals surface area contributed by atoms with E-state index in [1.165, 1.54) is 0 Å². The Labute approximate surface area is 203 Å². The van der Waals surface area contributed by atoms with E-state index < -0.39 is 34.6 Å². The average Bonchev–Trinajstić information content (AvgIpc) is 3.32. The maximum absolute atomic E-state index is 14.2. The SMILES string of the molecule is C=CCN(C)C(=O)[C@@H]1[C@H]2C(=O)N(CCCCO)C(C(=O)N(CC=C)C(C)(C)C)C23CC[C@@]1(C)O3. The fourth-order valence-corrected chi connectivity index (χ4v) is 6.21. The number of rotatable bonds is 10. The Hall–Kier alpha value is -2.19. The summed E-state index contributed by atoms with van der Waals surface area (Å²) in [5.41, 5.74) is -2.32. The van der Waals surface area contributed by atoms with Crippen molar-refractivity contribution < 1.29 is 24.2 Å². The van der Waals surface area contributed by atoms with E-state index in [1.807, 2.05) is 27.7 Å². The number of hydrogen-bond acceptors (Lipinski definition) is 5. The van der Waals surface area contributed by atoms with Gasteiger partial charge < -0.3 is 24.5 Å². The molecular formula is C26H41N3O5. The van der Waals surface area contributed by atoms with Crippen molar-refractivity contribution in [3.05, 3.63) is 25.3 Å². The molecule has 0 radical (unpaired) electrons. The van der Waals surface area contributed by atoms with Crippen molar-refractivity contribution in [1.82, 2.24) is 14.7 Å². The lowest BCUT2D eigenvalue weighted by molar-refractivity contribution is -0.155. The lowest BCUT2D eigenvalue weighted by Gasteiger charge is -2.42. The number of aliphatic hydroxyl groups excluding tert-OH is 1. The molecule has 8 nitrogen and oxygen atoms in total. The van der Waals surface area contributed by atoms with Gasteiger partial charge in [-0.1, -0.05) is 12.2 Å². The largest absolute Gasteiger partial charge is 0.396 e. The molecule has 8 heteroatoms. The zero-order valence-corrected chi connectivity index (χ0v) is 21.4. The standard InChI is InChI=1S/C26H41N3O5/c1-8-14-27(7)21(31)18-19-22(32)28(16-10-11-17-30)20(26(19)13-12-25(18,6)34-26)23(33)29(15-9-2)24(3,4)5/h8-9,18-20,30H,1-2,10-17H2,3-7H3/t18-,19-,20?,25+,26?/m0/s1. The third kappa shape index (κ3) is 4.09. The minimum atomic E-state index is -1.04. The van der Waals surface area contributed by atoms with Crippen molar-refractivity contribution >= 4 is 17.7 Å². The number of aliphatic hydroxyl groups is 1. The van der Waals surface area contributed by atoms with Gasteiger partial charge in [0.1, 0.15) is 11.6 Å². The van der Waals surface area contributed by atoms with E-state index in [0.29, 0.717) is 45.3 Å². The summed E-state index contributed by atoms with van der Waals surface area (Å²) in [7, 11) is 1.71. The third-order valence-electron chi connectivity index (χ3n) is 7.75. The Morgan fingerprint density at radius 1 is 1.18 bits per heavy atom. The first-order valence-corrected chi connectivity index (χ1v) is 12.3. The number of nitrogens with zero attached hydrogens (tertiary/aromatic N) is 3. The number of unbranched alkanes of at least 4 members (excludes halogenated alkanes) is 1. The zero-order valence-electron chi connectivity index (χ0n) is 21.4. The molecule has 34 heavy (non-hydrogen) atoms. The quantitative estimate of drug-likeness (QED) is 0.385. The Morgan fingerprint density at radius 3 is 2.38 bits per heavy atom.